The second-order valence-electron chi connectivity index (χ2n) is 1.90. The van der Waals surface area contributed by atoms with Crippen molar-refractivity contribution >= 4 is 11.8 Å². The molecule has 0 aliphatic carbocycles. The Morgan fingerprint density at radius 2 is 2.30 bits per heavy atom. The summed E-state index contributed by atoms with van der Waals surface area (Å²) >= 11 is 1.41. The standard InChI is InChI=1S/C5H9N3OS/c1-3(6)4-7-8-5(9-4)10-2/h3H,6H2,1-2H3/t3-/m1/s1. The Morgan fingerprint density at radius 1 is 1.60 bits per heavy atom. The van der Waals surface area contributed by atoms with Crippen LogP contribution in [0.2, 0.25) is 0 Å². The summed E-state index contributed by atoms with van der Waals surface area (Å²) in [5.41, 5.74) is 5.48. The second-order valence-corrected chi connectivity index (χ2v) is 2.66. The summed E-state index contributed by atoms with van der Waals surface area (Å²) in [5.74, 6) is 0.490. The third-order valence-electron chi connectivity index (χ3n) is 0.986. The average molecular weight is 159 g/mol. The van der Waals surface area contributed by atoms with Crippen molar-refractivity contribution in [2.24, 2.45) is 5.73 Å². The first kappa shape index (κ1) is 7.56. The van der Waals surface area contributed by atoms with E-state index >= 15 is 0 Å². The quantitative estimate of drug-likeness (QED) is 0.647. The monoisotopic (exact) mass is 159 g/mol. The predicted octanol–water partition coefficient (Wildman–Crippen LogP) is 0.811. The van der Waals surface area contributed by atoms with Crippen LogP contribution in [0.25, 0.3) is 0 Å². The average Bonchev–Trinajstić information content (AvgIpc) is 2.34. The second kappa shape index (κ2) is 3.03. The summed E-state index contributed by atoms with van der Waals surface area (Å²) < 4.78 is 5.11. The largest absolute Gasteiger partial charge is 0.414 e. The Bertz CT molecular complexity index is 210. The third kappa shape index (κ3) is 1.48. The van der Waals surface area contributed by atoms with Crippen molar-refractivity contribution in [3.8, 4) is 0 Å². The van der Waals surface area contributed by atoms with E-state index in [1.54, 1.807) is 6.92 Å². The van der Waals surface area contributed by atoms with E-state index in [1.165, 1.54) is 11.8 Å². The molecule has 0 aromatic carbocycles. The van der Waals surface area contributed by atoms with E-state index < -0.39 is 0 Å². The Hall–Kier alpha value is -0.550. The fraction of sp³-hybridized carbons (Fsp3) is 0.600. The van der Waals surface area contributed by atoms with Crippen LogP contribution < -0.4 is 5.73 Å². The number of aromatic nitrogens is 2. The number of hydrogen-bond donors (Lipinski definition) is 1. The van der Waals surface area contributed by atoms with Crippen LogP contribution in [0, 0.1) is 0 Å². The van der Waals surface area contributed by atoms with Crippen molar-refractivity contribution in [2.45, 2.75) is 18.2 Å². The molecule has 0 spiro atoms. The molecule has 1 atom stereocenters. The van der Waals surface area contributed by atoms with Gasteiger partial charge in [-0.2, -0.15) is 0 Å². The first-order chi connectivity index (χ1) is 4.74. The van der Waals surface area contributed by atoms with Crippen LogP contribution in [0.4, 0.5) is 0 Å². The highest BCUT2D eigenvalue weighted by Crippen LogP contribution is 2.14. The summed E-state index contributed by atoms with van der Waals surface area (Å²) in [6.45, 7) is 1.80. The summed E-state index contributed by atoms with van der Waals surface area (Å²) in [4.78, 5) is 0. The molecule has 0 bridgehead atoms. The molecule has 2 N–H and O–H groups in total. The lowest BCUT2D eigenvalue weighted by molar-refractivity contribution is 0.394. The first-order valence-electron chi connectivity index (χ1n) is 2.87. The van der Waals surface area contributed by atoms with Gasteiger partial charge >= 0.3 is 0 Å². The maximum atomic E-state index is 5.48. The van der Waals surface area contributed by atoms with Crippen molar-refractivity contribution in [1.82, 2.24) is 10.2 Å². The molecule has 0 unspecified atom stereocenters. The Morgan fingerprint density at radius 3 is 2.60 bits per heavy atom. The third-order valence-corrected chi connectivity index (χ3v) is 1.50. The van der Waals surface area contributed by atoms with Crippen molar-refractivity contribution in [2.75, 3.05) is 6.26 Å². The number of nitrogens with two attached hydrogens (primary N) is 1. The summed E-state index contributed by atoms with van der Waals surface area (Å²) in [7, 11) is 0. The van der Waals surface area contributed by atoms with E-state index in [4.69, 9.17) is 10.2 Å². The van der Waals surface area contributed by atoms with Gasteiger partial charge in [0.1, 0.15) is 0 Å². The smallest absolute Gasteiger partial charge is 0.276 e. The van der Waals surface area contributed by atoms with Crippen LogP contribution in [-0.2, 0) is 0 Å². The molecule has 0 saturated heterocycles. The van der Waals surface area contributed by atoms with Crippen molar-refractivity contribution in [3.63, 3.8) is 0 Å². The number of nitrogens with zero attached hydrogens (tertiary/aromatic N) is 2. The zero-order chi connectivity index (χ0) is 7.56. The lowest BCUT2D eigenvalue weighted by Gasteiger charge is -1.93. The van der Waals surface area contributed by atoms with E-state index in [9.17, 15) is 0 Å². The van der Waals surface area contributed by atoms with Crippen LogP contribution >= 0.6 is 11.8 Å². The van der Waals surface area contributed by atoms with Gasteiger partial charge in [-0.3, -0.25) is 0 Å². The van der Waals surface area contributed by atoms with Crippen molar-refractivity contribution < 1.29 is 4.42 Å². The molecule has 0 fully saturated rings. The Balaban J connectivity index is 2.78. The van der Waals surface area contributed by atoms with Crippen LogP contribution in [-0.4, -0.2) is 16.5 Å². The van der Waals surface area contributed by atoms with E-state index in [2.05, 4.69) is 10.2 Å². The van der Waals surface area contributed by atoms with Crippen LogP contribution in [0.3, 0.4) is 0 Å². The Labute approximate surface area is 63.2 Å². The van der Waals surface area contributed by atoms with Gasteiger partial charge in [0.25, 0.3) is 5.22 Å². The van der Waals surface area contributed by atoms with Gasteiger partial charge in [0.2, 0.25) is 5.89 Å². The van der Waals surface area contributed by atoms with Gasteiger partial charge in [-0.15, -0.1) is 10.2 Å². The van der Waals surface area contributed by atoms with Crippen LogP contribution in [0.1, 0.15) is 18.9 Å². The van der Waals surface area contributed by atoms with Crippen LogP contribution in [0.15, 0.2) is 9.64 Å². The molecule has 1 aromatic heterocycles. The van der Waals surface area contributed by atoms with E-state index in [0.717, 1.165) is 0 Å². The highest BCUT2D eigenvalue weighted by molar-refractivity contribution is 7.98. The lowest BCUT2D eigenvalue weighted by Crippen LogP contribution is -2.04. The summed E-state index contributed by atoms with van der Waals surface area (Å²) in [5, 5.41) is 8.01. The fourth-order valence-corrected chi connectivity index (χ4v) is 0.778. The topological polar surface area (TPSA) is 64.9 Å². The van der Waals surface area contributed by atoms with E-state index in [0.29, 0.717) is 11.1 Å². The zero-order valence-electron chi connectivity index (χ0n) is 5.87. The van der Waals surface area contributed by atoms with Crippen LogP contribution in [0.5, 0.6) is 0 Å². The predicted molar refractivity (Wildman–Crippen MR) is 38.7 cm³/mol. The summed E-state index contributed by atoms with van der Waals surface area (Å²) in [6, 6.07) is -0.173. The van der Waals surface area contributed by atoms with Gasteiger partial charge in [-0.25, -0.2) is 0 Å². The minimum absolute atomic E-state index is 0.173. The normalized spacial score (nSPS) is 13.5. The highest BCUT2D eigenvalue weighted by atomic mass is 32.2. The number of hydrogen-bond acceptors (Lipinski definition) is 5. The number of rotatable bonds is 2. The molecular formula is C5H9N3OS. The van der Waals surface area contributed by atoms with Crippen molar-refractivity contribution in [3.05, 3.63) is 5.89 Å². The maximum absolute atomic E-state index is 5.48. The SMILES string of the molecule is CSc1nnc([C@@H](C)N)o1. The molecule has 4 nitrogen and oxygen atoms in total. The molecule has 10 heavy (non-hydrogen) atoms. The molecule has 1 rings (SSSR count). The van der Waals surface area contributed by atoms with Crippen molar-refractivity contribution in [1.29, 1.82) is 0 Å². The molecule has 0 aliphatic rings. The fourth-order valence-electron chi connectivity index (χ4n) is 0.487. The maximum Gasteiger partial charge on any atom is 0.276 e. The molecule has 0 amide bonds. The molecular weight excluding hydrogens is 150 g/mol. The molecule has 0 saturated carbocycles. The molecule has 5 heteroatoms. The molecule has 1 heterocycles. The van der Waals surface area contributed by atoms with E-state index in [-0.39, 0.29) is 6.04 Å². The summed E-state index contributed by atoms with van der Waals surface area (Å²) in [6.07, 6.45) is 1.87. The molecule has 0 radical (unpaired) electrons. The lowest BCUT2D eigenvalue weighted by atomic mass is 10.4. The van der Waals surface area contributed by atoms with Gasteiger partial charge in [-0.1, -0.05) is 11.8 Å². The van der Waals surface area contributed by atoms with Gasteiger partial charge in [0.15, 0.2) is 0 Å². The zero-order valence-corrected chi connectivity index (χ0v) is 6.68. The van der Waals surface area contributed by atoms with Gasteiger partial charge in [0.05, 0.1) is 6.04 Å². The van der Waals surface area contributed by atoms with Gasteiger partial charge in [-0.05, 0) is 13.2 Å². The van der Waals surface area contributed by atoms with E-state index in [1.807, 2.05) is 6.26 Å². The minimum Gasteiger partial charge on any atom is -0.414 e. The number of thioether (sulfide) groups is 1. The van der Waals surface area contributed by atoms with Gasteiger partial charge < -0.3 is 10.2 Å². The highest BCUT2D eigenvalue weighted by Gasteiger charge is 2.07. The van der Waals surface area contributed by atoms with Gasteiger partial charge in [0, 0.05) is 0 Å². The molecule has 56 valence electrons. The Kier molecular flexibility index (Phi) is 2.29. The molecule has 1 aromatic rings. The molecule has 0 aliphatic heterocycles. The first-order valence-corrected chi connectivity index (χ1v) is 4.09. The minimum atomic E-state index is -0.173.